The van der Waals surface area contributed by atoms with Crippen molar-refractivity contribution in [3.63, 3.8) is 0 Å². The van der Waals surface area contributed by atoms with Crippen LogP contribution in [0.1, 0.15) is 155 Å². The van der Waals surface area contributed by atoms with E-state index in [4.69, 9.17) is 5.11 Å². The molecule has 0 spiro atoms. The molecule has 0 aromatic heterocycles. The quantitative estimate of drug-likeness (QED) is 0.0941. The number of carboxylic acids is 1. The van der Waals surface area contributed by atoms with Gasteiger partial charge < -0.3 is 10.0 Å². The van der Waals surface area contributed by atoms with Crippen LogP contribution in [0.5, 0.6) is 0 Å². The Kier molecular flexibility index (Phi) is 26.1. The molecule has 0 heterocycles. The molecule has 3 nitrogen and oxygen atoms in total. The van der Waals surface area contributed by atoms with Crippen molar-refractivity contribution >= 4 is 5.97 Å². The zero-order valence-electron chi connectivity index (χ0n) is 23.5. The van der Waals surface area contributed by atoms with Crippen molar-refractivity contribution < 1.29 is 9.90 Å². The van der Waals surface area contributed by atoms with Crippen molar-refractivity contribution in [2.24, 2.45) is 5.92 Å². The Morgan fingerprint density at radius 2 is 1.06 bits per heavy atom. The highest BCUT2D eigenvalue weighted by Gasteiger charge is 2.09. The number of allylic oxidation sites excluding steroid dienone is 2. The van der Waals surface area contributed by atoms with Gasteiger partial charge in [-0.15, -0.1) is 0 Å². The highest BCUT2D eigenvalue weighted by atomic mass is 16.4. The molecule has 202 valence electrons. The summed E-state index contributed by atoms with van der Waals surface area (Å²) in [5, 5.41) is 8.62. The molecule has 0 aliphatic carbocycles. The molecule has 0 radical (unpaired) electrons. The van der Waals surface area contributed by atoms with Crippen molar-refractivity contribution in [2.75, 3.05) is 20.6 Å². The van der Waals surface area contributed by atoms with Crippen LogP contribution in [-0.4, -0.2) is 36.6 Å². The second-order valence-corrected chi connectivity index (χ2v) is 10.9. The van der Waals surface area contributed by atoms with Gasteiger partial charge in [0.15, 0.2) is 0 Å². The first-order chi connectivity index (χ1) is 16.6. The molecule has 0 amide bonds. The van der Waals surface area contributed by atoms with Gasteiger partial charge >= 0.3 is 5.97 Å². The average molecular weight is 480 g/mol. The highest BCUT2D eigenvalue weighted by Crippen LogP contribution is 2.20. The van der Waals surface area contributed by atoms with Gasteiger partial charge in [0.05, 0.1) is 0 Å². The molecule has 0 saturated carbocycles. The lowest BCUT2D eigenvalue weighted by Crippen LogP contribution is -2.21. The number of hydrogen-bond acceptors (Lipinski definition) is 2. The van der Waals surface area contributed by atoms with E-state index in [0.717, 1.165) is 18.8 Å². The predicted octanol–water partition coefficient (Wildman–Crippen LogP) is 9.80. The van der Waals surface area contributed by atoms with Crippen LogP contribution < -0.4 is 0 Å². The van der Waals surface area contributed by atoms with Gasteiger partial charge in [-0.05, 0) is 65.0 Å². The molecule has 0 rings (SSSR count). The Balaban J connectivity index is 3.50. The molecule has 0 aliphatic heterocycles. The van der Waals surface area contributed by atoms with Crippen molar-refractivity contribution in [2.45, 2.75) is 155 Å². The zero-order valence-corrected chi connectivity index (χ0v) is 23.5. The third-order valence-electron chi connectivity index (χ3n) is 7.00. The largest absolute Gasteiger partial charge is 0.481 e. The van der Waals surface area contributed by atoms with E-state index in [-0.39, 0.29) is 0 Å². The van der Waals surface area contributed by atoms with E-state index in [1.165, 1.54) is 135 Å². The Hall–Kier alpha value is -0.830. The first-order valence-corrected chi connectivity index (χ1v) is 15.1. The van der Waals surface area contributed by atoms with E-state index >= 15 is 0 Å². The minimum absolute atomic E-state index is 0.330. The number of unbranched alkanes of at least 4 members (excludes halogenated alkanes) is 17. The average Bonchev–Trinajstić information content (AvgIpc) is 2.79. The molecule has 0 aromatic carbocycles. The number of hydrogen-bond donors (Lipinski definition) is 1. The molecular formula is C31H61NO2. The summed E-state index contributed by atoms with van der Waals surface area (Å²) in [6.45, 7) is 3.57. The fourth-order valence-electron chi connectivity index (χ4n) is 4.94. The number of aliphatic carboxylic acids is 1. The first kappa shape index (κ1) is 33.2. The maximum Gasteiger partial charge on any atom is 0.303 e. The van der Waals surface area contributed by atoms with Gasteiger partial charge in [-0.25, -0.2) is 0 Å². The summed E-state index contributed by atoms with van der Waals surface area (Å²) in [5.74, 6) is 0.242. The van der Waals surface area contributed by atoms with Crippen molar-refractivity contribution in [1.82, 2.24) is 4.90 Å². The zero-order chi connectivity index (χ0) is 25.1. The third-order valence-corrected chi connectivity index (χ3v) is 7.00. The van der Waals surface area contributed by atoms with Gasteiger partial charge in [-0.3, -0.25) is 4.79 Å². The monoisotopic (exact) mass is 479 g/mol. The molecule has 0 aromatic rings. The molecule has 1 unspecified atom stereocenters. The van der Waals surface area contributed by atoms with Crippen LogP contribution in [-0.2, 0) is 4.79 Å². The lowest BCUT2D eigenvalue weighted by molar-refractivity contribution is -0.137. The summed E-state index contributed by atoms with van der Waals surface area (Å²) in [6, 6.07) is 0. The first-order valence-electron chi connectivity index (χ1n) is 15.1. The molecule has 34 heavy (non-hydrogen) atoms. The Morgan fingerprint density at radius 3 is 1.50 bits per heavy atom. The van der Waals surface area contributed by atoms with Gasteiger partial charge in [0.2, 0.25) is 0 Å². The van der Waals surface area contributed by atoms with Crippen LogP contribution in [0.15, 0.2) is 12.2 Å². The Morgan fingerprint density at radius 1 is 0.647 bits per heavy atom. The number of carboxylic acid groups (broad SMARTS) is 1. The summed E-state index contributed by atoms with van der Waals surface area (Å²) >= 11 is 0. The molecule has 3 heteroatoms. The van der Waals surface area contributed by atoms with Crippen LogP contribution in [0.3, 0.4) is 0 Å². The molecule has 1 N–H and O–H groups in total. The Labute approximate surface area is 214 Å². The third kappa shape index (κ3) is 27.4. The minimum Gasteiger partial charge on any atom is -0.481 e. The molecular weight excluding hydrogens is 418 g/mol. The van der Waals surface area contributed by atoms with E-state index in [1.54, 1.807) is 0 Å². The van der Waals surface area contributed by atoms with Gasteiger partial charge in [0.25, 0.3) is 0 Å². The molecule has 0 aliphatic rings. The summed E-state index contributed by atoms with van der Waals surface area (Å²) in [4.78, 5) is 12.9. The highest BCUT2D eigenvalue weighted by molar-refractivity contribution is 5.66. The van der Waals surface area contributed by atoms with E-state index < -0.39 is 5.97 Å². The standard InChI is InChI=1S/C31H61NO2/c1-4-5-6-7-17-20-23-26-30(29-32(2)3)27-24-21-18-15-13-11-9-8-10-12-14-16-19-22-25-28-31(33)34/h8,10,30H,4-7,9,11-29H2,1-3H3,(H,33,34). The Bertz CT molecular complexity index is 447. The van der Waals surface area contributed by atoms with Crippen LogP contribution in [0, 0.1) is 5.92 Å². The molecule has 1 atom stereocenters. The number of rotatable bonds is 27. The second kappa shape index (κ2) is 26.8. The smallest absolute Gasteiger partial charge is 0.303 e. The predicted molar refractivity (Wildman–Crippen MR) is 151 cm³/mol. The summed E-state index contributed by atoms with van der Waals surface area (Å²) in [6.07, 6.45) is 34.2. The van der Waals surface area contributed by atoms with Gasteiger partial charge in [-0.1, -0.05) is 115 Å². The minimum atomic E-state index is -0.661. The van der Waals surface area contributed by atoms with Gasteiger partial charge in [0, 0.05) is 13.0 Å². The summed E-state index contributed by atoms with van der Waals surface area (Å²) in [5.41, 5.74) is 0. The number of nitrogens with zero attached hydrogens (tertiary/aromatic N) is 1. The normalized spacial score (nSPS) is 12.7. The fraction of sp³-hybridized carbons (Fsp3) is 0.903. The number of carbonyl (C=O) groups is 1. The van der Waals surface area contributed by atoms with Crippen LogP contribution in [0.4, 0.5) is 0 Å². The lowest BCUT2D eigenvalue weighted by Gasteiger charge is -2.21. The maximum absolute atomic E-state index is 10.5. The van der Waals surface area contributed by atoms with E-state index in [2.05, 4.69) is 38.1 Å². The lowest BCUT2D eigenvalue weighted by atomic mass is 9.93. The molecule has 0 saturated heterocycles. The van der Waals surface area contributed by atoms with Crippen molar-refractivity contribution in [3.8, 4) is 0 Å². The fourth-order valence-corrected chi connectivity index (χ4v) is 4.94. The van der Waals surface area contributed by atoms with Crippen molar-refractivity contribution in [3.05, 3.63) is 12.2 Å². The van der Waals surface area contributed by atoms with Gasteiger partial charge in [-0.2, -0.15) is 0 Å². The van der Waals surface area contributed by atoms with E-state index in [1.807, 2.05) is 0 Å². The second-order valence-electron chi connectivity index (χ2n) is 10.9. The van der Waals surface area contributed by atoms with Crippen LogP contribution in [0.25, 0.3) is 0 Å². The van der Waals surface area contributed by atoms with Crippen molar-refractivity contribution in [1.29, 1.82) is 0 Å². The van der Waals surface area contributed by atoms with E-state index in [9.17, 15) is 4.79 Å². The van der Waals surface area contributed by atoms with Crippen LogP contribution in [0.2, 0.25) is 0 Å². The van der Waals surface area contributed by atoms with Crippen LogP contribution >= 0.6 is 0 Å². The summed E-state index contributed by atoms with van der Waals surface area (Å²) < 4.78 is 0. The SMILES string of the molecule is CCCCCCCCCC(CCCCCCCCC=CCCCCCCCC(=O)O)CN(C)C. The van der Waals surface area contributed by atoms with E-state index in [0.29, 0.717) is 6.42 Å². The molecule has 0 bridgehead atoms. The maximum atomic E-state index is 10.5. The summed E-state index contributed by atoms with van der Waals surface area (Å²) in [7, 11) is 4.47. The molecule has 0 fully saturated rings. The van der Waals surface area contributed by atoms with Gasteiger partial charge in [0.1, 0.15) is 0 Å². The topological polar surface area (TPSA) is 40.5 Å².